The van der Waals surface area contributed by atoms with Crippen LogP contribution in [0.1, 0.15) is 37.4 Å². The maximum atomic E-state index is 11.8. The van der Waals surface area contributed by atoms with Crippen molar-refractivity contribution < 1.29 is 14.5 Å². The molecule has 160 valence electrons. The van der Waals surface area contributed by atoms with Gasteiger partial charge in [0.05, 0.1) is 11.4 Å². The summed E-state index contributed by atoms with van der Waals surface area (Å²) in [6.45, 7) is 3.75. The molecule has 2 heterocycles. The lowest BCUT2D eigenvalue weighted by atomic mass is 10.1. The number of carbonyl (C=O) groups is 1. The number of aryl methyl sites for hydroxylation is 1. The number of aromatic nitrogens is 5. The molecule has 0 aliphatic rings. The molecule has 1 amide bonds. The lowest BCUT2D eigenvalue weighted by molar-refractivity contribution is 0.128. The summed E-state index contributed by atoms with van der Waals surface area (Å²) < 4.78 is 1.51. The fourth-order valence-corrected chi connectivity index (χ4v) is 2.35. The molecule has 3 aromatic rings. The van der Waals surface area contributed by atoms with Crippen LogP contribution >= 0.6 is 0 Å². The van der Waals surface area contributed by atoms with Crippen LogP contribution < -0.4 is 5.32 Å². The van der Waals surface area contributed by atoms with Gasteiger partial charge in [-0.1, -0.05) is 53.6 Å². The van der Waals surface area contributed by atoms with Crippen LogP contribution in [-0.2, 0) is 23.3 Å². The van der Waals surface area contributed by atoms with Crippen LogP contribution in [0, 0.1) is 0 Å². The summed E-state index contributed by atoms with van der Waals surface area (Å²) in [6, 6.07) is 14.5. The van der Waals surface area contributed by atoms with E-state index in [0.29, 0.717) is 35.2 Å². The summed E-state index contributed by atoms with van der Waals surface area (Å²) >= 11 is 0. The van der Waals surface area contributed by atoms with E-state index in [1.54, 1.807) is 32.2 Å². The summed E-state index contributed by atoms with van der Waals surface area (Å²) in [5.41, 5.74) is 2.54. The molecule has 2 aromatic heterocycles. The second-order valence-corrected chi connectivity index (χ2v) is 6.40. The van der Waals surface area contributed by atoms with Crippen molar-refractivity contribution in [3.63, 3.8) is 0 Å². The Morgan fingerprint density at radius 2 is 1.94 bits per heavy atom. The number of hydrogen-bond donors (Lipinski definition) is 1. The molecule has 11 heteroatoms. The molecule has 1 aromatic carbocycles. The molecule has 0 aliphatic heterocycles. The highest BCUT2D eigenvalue weighted by Crippen LogP contribution is 2.10. The van der Waals surface area contributed by atoms with Gasteiger partial charge in [-0.15, -0.1) is 5.10 Å². The zero-order valence-electron chi connectivity index (χ0n) is 17.4. The minimum absolute atomic E-state index is 0.0687. The molecule has 0 fully saturated rings. The van der Waals surface area contributed by atoms with Crippen LogP contribution in [0.5, 0.6) is 0 Å². The maximum absolute atomic E-state index is 11.8. The summed E-state index contributed by atoms with van der Waals surface area (Å²) in [6.07, 6.45) is -0.0358. The van der Waals surface area contributed by atoms with Crippen molar-refractivity contribution in [3.8, 4) is 0 Å². The largest absolute Gasteiger partial charge is 0.439 e. The Morgan fingerprint density at radius 1 is 1.13 bits per heavy atom. The highest BCUT2D eigenvalue weighted by molar-refractivity contribution is 6.10. The number of nitrogens with one attached hydrogen (secondary N) is 1. The molecule has 31 heavy (non-hydrogen) atoms. The number of pyridine rings is 1. The zero-order valence-corrected chi connectivity index (χ0v) is 17.4. The van der Waals surface area contributed by atoms with E-state index in [9.17, 15) is 4.79 Å². The Morgan fingerprint density at radius 3 is 2.65 bits per heavy atom. The Hall–Kier alpha value is -4.15. The summed E-state index contributed by atoms with van der Waals surface area (Å²) in [4.78, 5) is 26.4. The Balaban J connectivity index is 1.68. The highest BCUT2D eigenvalue weighted by atomic mass is 16.7. The number of carbonyl (C=O) groups excluding carboxylic acids is 1. The van der Waals surface area contributed by atoms with E-state index in [2.05, 4.69) is 36.1 Å². The van der Waals surface area contributed by atoms with Crippen LogP contribution in [0.2, 0.25) is 0 Å². The molecule has 0 saturated heterocycles. The number of tetrazole rings is 1. The quantitative estimate of drug-likeness (QED) is 0.336. The van der Waals surface area contributed by atoms with Crippen molar-refractivity contribution in [1.82, 2.24) is 25.2 Å². The first kappa shape index (κ1) is 21.6. The SMILES string of the molecule is CC/C(C)=N/OC(=O)Nc1cccc(CO/N=C(/c2ccccc2)c2nnnn2C)n1. The van der Waals surface area contributed by atoms with Gasteiger partial charge in [0.1, 0.15) is 5.82 Å². The van der Waals surface area contributed by atoms with Gasteiger partial charge in [0.2, 0.25) is 5.82 Å². The smallest absolute Gasteiger partial charge is 0.389 e. The van der Waals surface area contributed by atoms with E-state index >= 15 is 0 Å². The molecule has 0 aliphatic carbocycles. The van der Waals surface area contributed by atoms with Crippen molar-refractivity contribution in [2.75, 3.05) is 5.32 Å². The van der Waals surface area contributed by atoms with Gasteiger partial charge in [-0.3, -0.25) is 10.2 Å². The van der Waals surface area contributed by atoms with Crippen LogP contribution in [0.15, 0.2) is 58.8 Å². The molecule has 0 atom stereocenters. The first-order chi connectivity index (χ1) is 15.1. The van der Waals surface area contributed by atoms with Gasteiger partial charge in [-0.25, -0.2) is 14.5 Å². The minimum atomic E-state index is -0.725. The molecule has 1 N–H and O–H groups in total. The lowest BCUT2D eigenvalue weighted by Crippen LogP contribution is -2.13. The van der Waals surface area contributed by atoms with Gasteiger partial charge in [-0.05, 0) is 35.9 Å². The van der Waals surface area contributed by atoms with Crippen molar-refractivity contribution in [3.05, 3.63) is 65.6 Å². The predicted octanol–water partition coefficient (Wildman–Crippen LogP) is 2.91. The van der Waals surface area contributed by atoms with Crippen LogP contribution in [0.3, 0.4) is 0 Å². The molecular formula is C20H22N8O3. The number of hydrogen-bond acceptors (Lipinski definition) is 9. The average Bonchev–Trinajstić information content (AvgIpc) is 3.21. The summed E-state index contributed by atoms with van der Waals surface area (Å²) in [7, 11) is 1.72. The molecule has 0 spiro atoms. The number of anilines is 1. The first-order valence-electron chi connectivity index (χ1n) is 9.52. The molecule has 0 bridgehead atoms. The predicted molar refractivity (Wildman–Crippen MR) is 113 cm³/mol. The molecule has 0 radical (unpaired) electrons. The van der Waals surface area contributed by atoms with E-state index in [1.165, 1.54) is 4.68 Å². The monoisotopic (exact) mass is 422 g/mol. The second kappa shape index (κ2) is 10.6. The standard InChI is InChI=1S/C20H22N8O3/c1-4-14(2)24-31-20(29)22-17-12-8-11-16(21-17)13-30-25-18(15-9-6-5-7-10-15)19-23-26-27-28(19)3/h5-12H,4,13H2,1-3H3,(H,21,22,29)/b24-14+,25-18-. The number of benzene rings is 1. The minimum Gasteiger partial charge on any atom is -0.389 e. The van der Waals surface area contributed by atoms with Gasteiger partial charge in [0, 0.05) is 12.6 Å². The maximum Gasteiger partial charge on any atom is 0.439 e. The van der Waals surface area contributed by atoms with Gasteiger partial charge in [0.25, 0.3) is 0 Å². The van der Waals surface area contributed by atoms with Crippen LogP contribution in [0.25, 0.3) is 0 Å². The molecular weight excluding hydrogens is 400 g/mol. The normalized spacial score (nSPS) is 11.8. The molecule has 3 rings (SSSR count). The molecule has 11 nitrogen and oxygen atoms in total. The topological polar surface area (TPSA) is 129 Å². The van der Waals surface area contributed by atoms with E-state index in [4.69, 9.17) is 9.68 Å². The van der Waals surface area contributed by atoms with Crippen molar-refractivity contribution in [2.24, 2.45) is 17.4 Å². The molecule has 0 saturated carbocycles. The first-order valence-corrected chi connectivity index (χ1v) is 9.52. The zero-order chi connectivity index (χ0) is 22.1. The highest BCUT2D eigenvalue weighted by Gasteiger charge is 2.15. The fourth-order valence-electron chi connectivity index (χ4n) is 2.35. The van der Waals surface area contributed by atoms with Crippen molar-refractivity contribution >= 4 is 23.3 Å². The van der Waals surface area contributed by atoms with Crippen LogP contribution in [0.4, 0.5) is 10.6 Å². The number of rotatable bonds is 8. The van der Waals surface area contributed by atoms with Gasteiger partial charge in [-0.2, -0.15) is 0 Å². The number of amides is 1. The third kappa shape index (κ3) is 6.16. The third-order valence-electron chi connectivity index (χ3n) is 4.08. The van der Waals surface area contributed by atoms with E-state index in [1.807, 2.05) is 37.3 Å². The summed E-state index contributed by atoms with van der Waals surface area (Å²) in [5, 5.41) is 22.0. The average molecular weight is 422 g/mol. The second-order valence-electron chi connectivity index (χ2n) is 6.40. The summed E-state index contributed by atoms with van der Waals surface area (Å²) in [5.74, 6) is 0.764. The van der Waals surface area contributed by atoms with Crippen molar-refractivity contribution in [1.29, 1.82) is 0 Å². The Bertz CT molecular complexity index is 1080. The number of nitrogens with zero attached hydrogens (tertiary/aromatic N) is 7. The van der Waals surface area contributed by atoms with Crippen molar-refractivity contribution in [2.45, 2.75) is 26.9 Å². The number of oxime groups is 2. The third-order valence-corrected chi connectivity index (χ3v) is 4.08. The Kier molecular flexibility index (Phi) is 7.35. The van der Waals surface area contributed by atoms with E-state index in [-0.39, 0.29) is 6.61 Å². The van der Waals surface area contributed by atoms with Gasteiger partial charge in [0.15, 0.2) is 12.3 Å². The van der Waals surface area contributed by atoms with Gasteiger partial charge < -0.3 is 4.84 Å². The molecule has 0 unspecified atom stereocenters. The Labute approximate surface area is 178 Å². The van der Waals surface area contributed by atoms with Gasteiger partial charge >= 0.3 is 6.09 Å². The lowest BCUT2D eigenvalue weighted by Gasteiger charge is -2.07. The van der Waals surface area contributed by atoms with Crippen LogP contribution in [-0.4, -0.2) is 42.7 Å². The fraction of sp³-hybridized carbons (Fsp3) is 0.250. The van der Waals surface area contributed by atoms with E-state index in [0.717, 1.165) is 5.56 Å². The van der Waals surface area contributed by atoms with E-state index < -0.39 is 6.09 Å².